The van der Waals surface area contributed by atoms with E-state index in [1.807, 2.05) is 0 Å². The van der Waals surface area contributed by atoms with Crippen LogP contribution in [0.15, 0.2) is 24.3 Å². The fourth-order valence-corrected chi connectivity index (χ4v) is 1.73. The van der Waals surface area contributed by atoms with Crippen LogP contribution in [0.2, 0.25) is 0 Å². The van der Waals surface area contributed by atoms with Crippen LogP contribution in [0.1, 0.15) is 24.8 Å². The molecular weight excluding hydrogens is 244 g/mol. The van der Waals surface area contributed by atoms with Crippen molar-refractivity contribution in [3.05, 3.63) is 29.8 Å². The van der Waals surface area contributed by atoms with Gasteiger partial charge in [0.05, 0.1) is 6.04 Å². The molecule has 5 nitrogen and oxygen atoms in total. The number of benzene rings is 1. The average Bonchev–Trinajstić information content (AvgIpc) is 2.41. The van der Waals surface area contributed by atoms with E-state index in [-0.39, 0.29) is 18.3 Å². The Bertz CT molecular complexity index is 379. The Labute approximate surface area is 113 Å². The minimum absolute atomic E-state index is 0.169. The first kappa shape index (κ1) is 15.5. The minimum Gasteiger partial charge on any atom is -0.508 e. The van der Waals surface area contributed by atoms with E-state index < -0.39 is 6.04 Å². The van der Waals surface area contributed by atoms with E-state index in [4.69, 9.17) is 15.9 Å². The predicted octanol–water partition coefficient (Wildman–Crippen LogP) is 0.541. The standard InChI is InChI=1S/C14H22N2O3/c15-13(10-11-4-6-12(18)7-5-11)14(19)16-8-2-1-3-9-17/h4-7,13,17-18H,1-3,8-10,15H2,(H,16,19). The van der Waals surface area contributed by atoms with Crippen molar-refractivity contribution in [2.24, 2.45) is 5.73 Å². The van der Waals surface area contributed by atoms with Crippen LogP contribution in [0.5, 0.6) is 5.75 Å². The lowest BCUT2D eigenvalue weighted by Gasteiger charge is -2.12. The molecule has 1 aromatic rings. The van der Waals surface area contributed by atoms with Crippen LogP contribution in [0.3, 0.4) is 0 Å². The van der Waals surface area contributed by atoms with E-state index in [9.17, 15) is 4.79 Å². The minimum atomic E-state index is -0.581. The molecule has 0 saturated carbocycles. The molecule has 5 N–H and O–H groups in total. The number of aliphatic hydroxyl groups is 1. The molecule has 1 atom stereocenters. The van der Waals surface area contributed by atoms with Crippen LogP contribution < -0.4 is 11.1 Å². The van der Waals surface area contributed by atoms with Gasteiger partial charge in [-0.1, -0.05) is 12.1 Å². The molecule has 1 aromatic carbocycles. The predicted molar refractivity (Wildman–Crippen MR) is 73.7 cm³/mol. The summed E-state index contributed by atoms with van der Waals surface area (Å²) in [6.45, 7) is 0.774. The number of nitrogens with two attached hydrogens (primary N) is 1. The molecular formula is C14H22N2O3. The molecule has 0 heterocycles. The van der Waals surface area contributed by atoms with Gasteiger partial charge < -0.3 is 21.3 Å². The maximum Gasteiger partial charge on any atom is 0.237 e. The van der Waals surface area contributed by atoms with Gasteiger partial charge >= 0.3 is 0 Å². The lowest BCUT2D eigenvalue weighted by molar-refractivity contribution is -0.122. The van der Waals surface area contributed by atoms with Crippen LogP contribution in [0.25, 0.3) is 0 Å². The van der Waals surface area contributed by atoms with Crippen molar-refractivity contribution in [3.63, 3.8) is 0 Å². The number of rotatable bonds is 8. The Hall–Kier alpha value is -1.59. The van der Waals surface area contributed by atoms with Crippen molar-refractivity contribution in [1.82, 2.24) is 5.32 Å². The number of phenolic OH excluding ortho intramolecular Hbond substituents is 1. The summed E-state index contributed by atoms with van der Waals surface area (Å²) in [5.41, 5.74) is 6.73. The highest BCUT2D eigenvalue weighted by atomic mass is 16.3. The number of aliphatic hydroxyl groups excluding tert-OH is 1. The first-order valence-corrected chi connectivity index (χ1v) is 6.55. The van der Waals surface area contributed by atoms with E-state index in [0.717, 1.165) is 24.8 Å². The Balaban J connectivity index is 2.26. The van der Waals surface area contributed by atoms with Crippen molar-refractivity contribution >= 4 is 5.91 Å². The third-order valence-electron chi connectivity index (χ3n) is 2.86. The summed E-state index contributed by atoms with van der Waals surface area (Å²) in [7, 11) is 0. The van der Waals surface area contributed by atoms with Gasteiger partial charge in [0.2, 0.25) is 5.91 Å². The Morgan fingerprint density at radius 3 is 2.53 bits per heavy atom. The van der Waals surface area contributed by atoms with E-state index in [2.05, 4.69) is 5.32 Å². The summed E-state index contributed by atoms with van der Waals surface area (Å²) in [6.07, 6.45) is 2.94. The van der Waals surface area contributed by atoms with Gasteiger partial charge in [-0.05, 0) is 43.4 Å². The molecule has 0 fully saturated rings. The third-order valence-corrected chi connectivity index (χ3v) is 2.86. The highest BCUT2D eigenvalue weighted by molar-refractivity contribution is 5.81. The molecule has 0 aromatic heterocycles. The van der Waals surface area contributed by atoms with Gasteiger partial charge in [-0.2, -0.15) is 0 Å². The van der Waals surface area contributed by atoms with Gasteiger partial charge in [-0.25, -0.2) is 0 Å². The number of hydrogen-bond donors (Lipinski definition) is 4. The summed E-state index contributed by atoms with van der Waals surface area (Å²) < 4.78 is 0. The van der Waals surface area contributed by atoms with E-state index in [0.29, 0.717) is 13.0 Å². The van der Waals surface area contributed by atoms with Crippen LogP contribution in [0, 0.1) is 0 Å². The van der Waals surface area contributed by atoms with Crippen molar-refractivity contribution in [3.8, 4) is 5.75 Å². The molecule has 5 heteroatoms. The second kappa shape index (κ2) is 8.50. The normalized spacial score (nSPS) is 12.1. The largest absolute Gasteiger partial charge is 0.508 e. The summed E-state index contributed by atoms with van der Waals surface area (Å²) in [4.78, 5) is 11.7. The molecule has 19 heavy (non-hydrogen) atoms. The monoisotopic (exact) mass is 266 g/mol. The molecule has 0 aliphatic heterocycles. The van der Waals surface area contributed by atoms with Gasteiger partial charge in [-0.15, -0.1) is 0 Å². The number of carbonyl (C=O) groups is 1. The van der Waals surface area contributed by atoms with Gasteiger partial charge in [0.15, 0.2) is 0 Å². The molecule has 1 rings (SSSR count). The molecule has 0 aliphatic carbocycles. The fourth-order valence-electron chi connectivity index (χ4n) is 1.73. The number of amides is 1. The second-order valence-corrected chi connectivity index (χ2v) is 4.55. The fraction of sp³-hybridized carbons (Fsp3) is 0.500. The second-order valence-electron chi connectivity index (χ2n) is 4.55. The maximum atomic E-state index is 11.7. The number of unbranched alkanes of at least 4 members (excludes halogenated alkanes) is 2. The lowest BCUT2D eigenvalue weighted by Crippen LogP contribution is -2.42. The van der Waals surface area contributed by atoms with Crippen molar-refractivity contribution in [1.29, 1.82) is 0 Å². The molecule has 106 valence electrons. The Kier molecular flexibility index (Phi) is 6.92. The van der Waals surface area contributed by atoms with Crippen LogP contribution in [-0.2, 0) is 11.2 Å². The molecule has 0 aliphatic rings. The topological polar surface area (TPSA) is 95.6 Å². The van der Waals surface area contributed by atoms with Gasteiger partial charge in [-0.3, -0.25) is 4.79 Å². The smallest absolute Gasteiger partial charge is 0.237 e. The van der Waals surface area contributed by atoms with Crippen molar-refractivity contribution in [2.45, 2.75) is 31.7 Å². The Morgan fingerprint density at radius 1 is 1.21 bits per heavy atom. The van der Waals surface area contributed by atoms with Crippen LogP contribution >= 0.6 is 0 Å². The van der Waals surface area contributed by atoms with Gasteiger partial charge in [0.25, 0.3) is 0 Å². The molecule has 0 radical (unpaired) electrons. The maximum absolute atomic E-state index is 11.7. The highest BCUT2D eigenvalue weighted by Crippen LogP contribution is 2.10. The van der Waals surface area contributed by atoms with Gasteiger partial charge in [0.1, 0.15) is 5.75 Å². The third kappa shape index (κ3) is 6.22. The zero-order valence-corrected chi connectivity index (χ0v) is 11.0. The number of nitrogens with one attached hydrogen (secondary N) is 1. The molecule has 1 amide bonds. The molecule has 0 saturated heterocycles. The lowest BCUT2D eigenvalue weighted by atomic mass is 10.1. The number of hydrogen-bond acceptors (Lipinski definition) is 4. The zero-order chi connectivity index (χ0) is 14.1. The summed E-state index contributed by atoms with van der Waals surface area (Å²) in [6, 6.07) is 6.08. The summed E-state index contributed by atoms with van der Waals surface area (Å²) in [5, 5.41) is 20.6. The summed E-state index contributed by atoms with van der Waals surface area (Å²) >= 11 is 0. The zero-order valence-electron chi connectivity index (χ0n) is 11.0. The van der Waals surface area contributed by atoms with E-state index >= 15 is 0 Å². The first-order chi connectivity index (χ1) is 9.13. The molecule has 0 bridgehead atoms. The van der Waals surface area contributed by atoms with Crippen molar-refractivity contribution < 1.29 is 15.0 Å². The van der Waals surface area contributed by atoms with Crippen LogP contribution in [-0.4, -0.2) is 35.3 Å². The van der Waals surface area contributed by atoms with E-state index in [1.54, 1.807) is 24.3 Å². The first-order valence-electron chi connectivity index (χ1n) is 6.55. The number of carbonyl (C=O) groups excluding carboxylic acids is 1. The van der Waals surface area contributed by atoms with Crippen molar-refractivity contribution in [2.75, 3.05) is 13.2 Å². The van der Waals surface area contributed by atoms with Crippen LogP contribution in [0.4, 0.5) is 0 Å². The van der Waals surface area contributed by atoms with Gasteiger partial charge in [0, 0.05) is 13.2 Å². The average molecular weight is 266 g/mol. The quantitative estimate of drug-likeness (QED) is 0.516. The SMILES string of the molecule is NC(Cc1ccc(O)cc1)C(=O)NCCCCCO. The van der Waals surface area contributed by atoms with E-state index in [1.165, 1.54) is 0 Å². The highest BCUT2D eigenvalue weighted by Gasteiger charge is 2.13. The molecule has 0 spiro atoms. The Morgan fingerprint density at radius 2 is 1.89 bits per heavy atom. The molecule has 1 unspecified atom stereocenters. The summed E-state index contributed by atoms with van der Waals surface area (Å²) in [5.74, 6) is 0.0303. The number of phenols is 1. The number of aromatic hydroxyl groups is 1.